The van der Waals surface area contributed by atoms with E-state index >= 15 is 0 Å². The molecule has 0 spiro atoms. The first-order valence-corrected chi connectivity index (χ1v) is 5.62. The van der Waals surface area contributed by atoms with Crippen LogP contribution < -0.4 is 0 Å². The van der Waals surface area contributed by atoms with Crippen LogP contribution in [0.4, 0.5) is 0 Å². The lowest BCUT2D eigenvalue weighted by molar-refractivity contribution is -0.143. The summed E-state index contributed by atoms with van der Waals surface area (Å²) in [4.78, 5) is 31.3. The summed E-state index contributed by atoms with van der Waals surface area (Å²) in [5.41, 5.74) is 0.378. The normalized spacial score (nSPS) is 10.0. The Kier molecular flexibility index (Phi) is 5.19. The Balaban J connectivity index is 2.65. The van der Waals surface area contributed by atoms with Gasteiger partial charge in [-0.25, -0.2) is 4.98 Å². The Morgan fingerprint density at radius 2 is 2.24 bits per heavy atom. The second-order valence-electron chi connectivity index (χ2n) is 3.50. The average Bonchev–Trinajstić information content (AvgIpc) is 2.81. The second-order valence-corrected chi connectivity index (χ2v) is 3.50. The number of aromatic amines is 1. The molecule has 0 radical (unpaired) electrons. The van der Waals surface area contributed by atoms with Crippen molar-refractivity contribution >= 4 is 11.9 Å². The molecule has 0 saturated carbocycles. The van der Waals surface area contributed by atoms with Crippen LogP contribution in [0.2, 0.25) is 0 Å². The molecule has 0 aliphatic carbocycles. The Hall–Kier alpha value is -1.85. The number of hydrogen-bond acceptors (Lipinski definition) is 4. The first-order chi connectivity index (χ1) is 8.19. The lowest BCUT2D eigenvalue weighted by atomic mass is 10.3. The first kappa shape index (κ1) is 13.2. The van der Waals surface area contributed by atoms with Crippen molar-refractivity contribution in [2.75, 3.05) is 19.7 Å². The molecule has 1 N–H and O–H groups in total. The highest BCUT2D eigenvalue weighted by Crippen LogP contribution is 2.02. The third-order valence-electron chi connectivity index (χ3n) is 2.13. The van der Waals surface area contributed by atoms with Crippen LogP contribution in [0, 0.1) is 0 Å². The summed E-state index contributed by atoms with van der Waals surface area (Å²) in [6.07, 6.45) is 3.65. The minimum atomic E-state index is -0.395. The van der Waals surface area contributed by atoms with E-state index in [1.54, 1.807) is 6.92 Å². The van der Waals surface area contributed by atoms with Crippen LogP contribution in [0.5, 0.6) is 0 Å². The van der Waals surface area contributed by atoms with Crippen LogP contribution in [0.3, 0.4) is 0 Å². The van der Waals surface area contributed by atoms with Gasteiger partial charge in [0.25, 0.3) is 5.91 Å². The number of ether oxygens (including phenoxy) is 1. The molecule has 17 heavy (non-hydrogen) atoms. The molecule has 0 aromatic carbocycles. The Morgan fingerprint density at radius 3 is 2.76 bits per heavy atom. The first-order valence-electron chi connectivity index (χ1n) is 5.62. The summed E-state index contributed by atoms with van der Waals surface area (Å²) >= 11 is 0. The minimum Gasteiger partial charge on any atom is -0.465 e. The van der Waals surface area contributed by atoms with E-state index in [1.807, 2.05) is 6.92 Å². The Labute approximate surface area is 100.0 Å². The van der Waals surface area contributed by atoms with Gasteiger partial charge in [-0.2, -0.15) is 0 Å². The molecule has 0 aliphatic heterocycles. The Morgan fingerprint density at radius 1 is 1.47 bits per heavy atom. The highest BCUT2D eigenvalue weighted by atomic mass is 16.5. The van der Waals surface area contributed by atoms with Crippen molar-refractivity contribution in [3.63, 3.8) is 0 Å². The third-order valence-corrected chi connectivity index (χ3v) is 2.13. The highest BCUT2D eigenvalue weighted by Gasteiger charge is 2.19. The van der Waals surface area contributed by atoms with E-state index in [1.165, 1.54) is 17.4 Å². The number of nitrogens with zero attached hydrogens (tertiary/aromatic N) is 2. The summed E-state index contributed by atoms with van der Waals surface area (Å²) in [7, 11) is 0. The van der Waals surface area contributed by atoms with Gasteiger partial charge in [-0.15, -0.1) is 0 Å². The van der Waals surface area contributed by atoms with Crippen molar-refractivity contribution in [1.29, 1.82) is 0 Å². The van der Waals surface area contributed by atoms with Gasteiger partial charge in [0.15, 0.2) is 0 Å². The van der Waals surface area contributed by atoms with Crippen molar-refractivity contribution in [1.82, 2.24) is 14.9 Å². The number of esters is 1. The van der Waals surface area contributed by atoms with Crippen molar-refractivity contribution in [2.24, 2.45) is 0 Å². The van der Waals surface area contributed by atoms with Gasteiger partial charge in [0.2, 0.25) is 0 Å². The molecular weight excluding hydrogens is 222 g/mol. The zero-order chi connectivity index (χ0) is 12.7. The zero-order valence-corrected chi connectivity index (χ0v) is 10.1. The number of nitrogens with one attached hydrogen (secondary N) is 1. The molecule has 0 bridgehead atoms. The van der Waals surface area contributed by atoms with Crippen molar-refractivity contribution in [3.8, 4) is 0 Å². The number of hydrogen-bond donors (Lipinski definition) is 1. The van der Waals surface area contributed by atoms with Gasteiger partial charge in [-0.05, 0) is 13.3 Å². The van der Waals surface area contributed by atoms with E-state index in [9.17, 15) is 9.59 Å². The van der Waals surface area contributed by atoms with Gasteiger partial charge in [0, 0.05) is 6.54 Å². The maximum Gasteiger partial charge on any atom is 0.325 e. The minimum absolute atomic E-state index is 0.0282. The van der Waals surface area contributed by atoms with E-state index in [2.05, 4.69) is 9.97 Å². The third kappa shape index (κ3) is 3.90. The molecule has 1 amide bonds. The molecule has 0 unspecified atom stereocenters. The maximum absolute atomic E-state index is 12.0. The largest absolute Gasteiger partial charge is 0.465 e. The number of carbonyl (C=O) groups excluding carboxylic acids is 2. The SMILES string of the molecule is CCCN(CC(=O)OCC)C(=O)c1cnc[nH]1. The molecule has 6 nitrogen and oxygen atoms in total. The lowest BCUT2D eigenvalue weighted by Crippen LogP contribution is -2.37. The molecule has 0 saturated heterocycles. The molecule has 1 aromatic rings. The van der Waals surface area contributed by atoms with Crippen LogP contribution in [0.25, 0.3) is 0 Å². The summed E-state index contributed by atoms with van der Waals surface area (Å²) in [5, 5.41) is 0. The molecule has 0 aliphatic rings. The lowest BCUT2D eigenvalue weighted by Gasteiger charge is -2.20. The fourth-order valence-corrected chi connectivity index (χ4v) is 1.43. The molecule has 1 heterocycles. The summed E-state index contributed by atoms with van der Waals surface area (Å²) in [5.74, 6) is -0.633. The van der Waals surface area contributed by atoms with E-state index in [4.69, 9.17) is 4.74 Å². The fourth-order valence-electron chi connectivity index (χ4n) is 1.43. The number of H-pyrrole nitrogens is 1. The summed E-state index contributed by atoms with van der Waals surface area (Å²) < 4.78 is 4.83. The number of amides is 1. The van der Waals surface area contributed by atoms with Crippen LogP contribution in [-0.2, 0) is 9.53 Å². The predicted molar refractivity (Wildman–Crippen MR) is 61.4 cm³/mol. The van der Waals surface area contributed by atoms with Gasteiger partial charge in [0.1, 0.15) is 12.2 Å². The molecular formula is C11H17N3O3. The number of imidazole rings is 1. The van der Waals surface area contributed by atoms with Crippen molar-refractivity contribution < 1.29 is 14.3 Å². The molecule has 0 atom stereocenters. The predicted octanol–water partition coefficient (Wildman–Crippen LogP) is 0.825. The Bertz CT molecular complexity index is 362. The molecule has 6 heteroatoms. The van der Waals surface area contributed by atoms with Crippen molar-refractivity contribution in [3.05, 3.63) is 18.2 Å². The van der Waals surface area contributed by atoms with Crippen LogP contribution in [0.15, 0.2) is 12.5 Å². The van der Waals surface area contributed by atoms with E-state index in [-0.39, 0.29) is 12.5 Å². The van der Waals surface area contributed by atoms with Gasteiger partial charge in [0.05, 0.1) is 19.1 Å². The molecule has 94 valence electrons. The fraction of sp³-hybridized carbons (Fsp3) is 0.545. The number of rotatable bonds is 6. The van der Waals surface area contributed by atoms with E-state index in [0.717, 1.165) is 6.42 Å². The molecule has 0 fully saturated rings. The van der Waals surface area contributed by atoms with Crippen molar-refractivity contribution in [2.45, 2.75) is 20.3 Å². The summed E-state index contributed by atoms with van der Waals surface area (Å²) in [6.45, 7) is 4.48. The number of aromatic nitrogens is 2. The van der Waals surface area contributed by atoms with E-state index < -0.39 is 5.97 Å². The topological polar surface area (TPSA) is 75.3 Å². The standard InChI is InChI=1S/C11H17N3O3/c1-3-5-14(7-10(15)17-4-2)11(16)9-6-12-8-13-9/h6,8H,3-5,7H2,1-2H3,(H,12,13). The second kappa shape index (κ2) is 6.67. The number of carbonyl (C=O) groups is 2. The van der Waals surface area contributed by atoms with Crippen LogP contribution >= 0.6 is 0 Å². The van der Waals surface area contributed by atoms with E-state index in [0.29, 0.717) is 18.8 Å². The quantitative estimate of drug-likeness (QED) is 0.746. The van der Waals surface area contributed by atoms with Gasteiger partial charge >= 0.3 is 5.97 Å². The van der Waals surface area contributed by atoms with Gasteiger partial charge < -0.3 is 14.6 Å². The monoisotopic (exact) mass is 239 g/mol. The average molecular weight is 239 g/mol. The smallest absolute Gasteiger partial charge is 0.325 e. The molecule has 1 aromatic heterocycles. The highest BCUT2D eigenvalue weighted by molar-refractivity contribution is 5.94. The molecule has 1 rings (SSSR count). The van der Waals surface area contributed by atoms with Crippen LogP contribution in [0.1, 0.15) is 30.8 Å². The maximum atomic E-state index is 12.0. The zero-order valence-electron chi connectivity index (χ0n) is 10.1. The van der Waals surface area contributed by atoms with Gasteiger partial charge in [-0.1, -0.05) is 6.92 Å². The van der Waals surface area contributed by atoms with Crippen LogP contribution in [-0.4, -0.2) is 46.4 Å². The summed E-state index contributed by atoms with van der Waals surface area (Å²) in [6, 6.07) is 0. The van der Waals surface area contributed by atoms with Gasteiger partial charge in [-0.3, -0.25) is 9.59 Å².